The van der Waals surface area contributed by atoms with Crippen LogP contribution in [0.1, 0.15) is 78.6 Å². The molecule has 1 aliphatic heterocycles. The van der Waals surface area contributed by atoms with E-state index in [1.165, 1.54) is 51.4 Å². The molecule has 4 saturated carbocycles. The van der Waals surface area contributed by atoms with E-state index in [4.69, 9.17) is 0 Å². The van der Waals surface area contributed by atoms with Gasteiger partial charge in [-0.15, -0.1) is 0 Å². The second-order valence-electron chi connectivity index (χ2n) is 11.2. The van der Waals surface area contributed by atoms with E-state index in [9.17, 15) is 5.11 Å². The molecule has 1 N–H and O–H groups in total. The van der Waals surface area contributed by atoms with E-state index in [1.807, 2.05) is 0 Å². The van der Waals surface area contributed by atoms with Crippen LogP contribution in [0, 0.1) is 34.5 Å². The zero-order chi connectivity index (χ0) is 17.8. The van der Waals surface area contributed by atoms with E-state index in [0.29, 0.717) is 11.1 Å². The van der Waals surface area contributed by atoms with Gasteiger partial charge in [-0.2, -0.15) is 0 Å². The third kappa shape index (κ3) is 1.88. The second kappa shape index (κ2) is 4.83. The van der Waals surface area contributed by atoms with Crippen molar-refractivity contribution in [3.8, 4) is 0 Å². The zero-order valence-corrected chi connectivity index (χ0v) is 17.0. The Balaban J connectivity index is 1.42. The molecule has 142 valence electrons. The Bertz CT molecular complexity index is 581. The van der Waals surface area contributed by atoms with Crippen LogP contribution in [0.4, 0.5) is 0 Å². The fourth-order valence-corrected chi connectivity index (χ4v) is 8.60. The standard InChI is InChI=1S/C22H38N2O/c1-19-12-13-22(23(4)24(22)5)14-15(19)6-7-16-17(19)8-10-20(2)18(16)9-11-21(20,3)25/h15-18,25H,6-14H2,1-5H3/t15-,16-,17+,18+,19+,20+,21-,22?,23?,24?/m1/s1. The van der Waals surface area contributed by atoms with Crippen molar-refractivity contribution in [2.75, 3.05) is 14.1 Å². The highest BCUT2D eigenvalue weighted by atomic mass is 16.3. The molecule has 1 heterocycles. The van der Waals surface area contributed by atoms with Gasteiger partial charge in [0.05, 0.1) is 5.60 Å². The van der Waals surface area contributed by atoms with Crippen molar-refractivity contribution in [2.24, 2.45) is 34.5 Å². The monoisotopic (exact) mass is 346 g/mol. The second-order valence-corrected chi connectivity index (χ2v) is 11.2. The first-order valence-electron chi connectivity index (χ1n) is 10.9. The summed E-state index contributed by atoms with van der Waals surface area (Å²) in [5.74, 6) is 3.45. The minimum Gasteiger partial charge on any atom is -0.390 e. The number of hydrogen-bond donors (Lipinski definition) is 1. The van der Waals surface area contributed by atoms with Crippen LogP contribution in [0.15, 0.2) is 0 Å². The zero-order valence-electron chi connectivity index (χ0n) is 17.0. The molecular weight excluding hydrogens is 308 g/mol. The Morgan fingerprint density at radius 3 is 2.16 bits per heavy atom. The summed E-state index contributed by atoms with van der Waals surface area (Å²) in [6.45, 7) is 7.20. The van der Waals surface area contributed by atoms with Gasteiger partial charge in [0.15, 0.2) is 0 Å². The molecule has 5 rings (SSSR count). The Morgan fingerprint density at radius 2 is 1.48 bits per heavy atom. The van der Waals surface area contributed by atoms with E-state index in [1.54, 1.807) is 0 Å². The van der Waals surface area contributed by atoms with Gasteiger partial charge < -0.3 is 5.11 Å². The highest BCUT2D eigenvalue weighted by molar-refractivity contribution is 5.15. The maximum Gasteiger partial charge on any atom is 0.100 e. The van der Waals surface area contributed by atoms with Crippen LogP contribution in [0.5, 0.6) is 0 Å². The Hall–Kier alpha value is -0.120. The van der Waals surface area contributed by atoms with Gasteiger partial charge in [-0.1, -0.05) is 13.8 Å². The molecular formula is C22H38N2O. The maximum atomic E-state index is 11.1. The van der Waals surface area contributed by atoms with Crippen LogP contribution in [0.2, 0.25) is 0 Å². The third-order valence-corrected chi connectivity index (χ3v) is 10.9. The summed E-state index contributed by atoms with van der Waals surface area (Å²) in [5.41, 5.74) is 0.687. The minimum absolute atomic E-state index is 0.171. The van der Waals surface area contributed by atoms with E-state index >= 15 is 0 Å². The van der Waals surface area contributed by atoms with Crippen LogP contribution in [-0.2, 0) is 0 Å². The van der Waals surface area contributed by atoms with Crippen molar-refractivity contribution >= 4 is 0 Å². The molecule has 1 saturated heterocycles. The van der Waals surface area contributed by atoms with Crippen molar-refractivity contribution in [3.63, 3.8) is 0 Å². The molecule has 25 heavy (non-hydrogen) atoms. The van der Waals surface area contributed by atoms with Crippen LogP contribution < -0.4 is 0 Å². The van der Waals surface area contributed by atoms with Gasteiger partial charge in [-0.25, -0.2) is 10.0 Å². The summed E-state index contributed by atoms with van der Waals surface area (Å²) in [5, 5.41) is 16.0. The molecule has 2 unspecified atom stereocenters. The van der Waals surface area contributed by atoms with Crippen molar-refractivity contribution in [1.29, 1.82) is 0 Å². The quantitative estimate of drug-likeness (QED) is 0.664. The van der Waals surface area contributed by atoms with Gasteiger partial charge in [-0.3, -0.25) is 0 Å². The van der Waals surface area contributed by atoms with Crippen molar-refractivity contribution in [1.82, 2.24) is 10.0 Å². The predicted molar refractivity (Wildman–Crippen MR) is 101 cm³/mol. The Morgan fingerprint density at radius 1 is 0.800 bits per heavy atom. The van der Waals surface area contributed by atoms with Gasteiger partial charge in [0.2, 0.25) is 0 Å². The van der Waals surface area contributed by atoms with Gasteiger partial charge >= 0.3 is 0 Å². The van der Waals surface area contributed by atoms with E-state index in [0.717, 1.165) is 30.1 Å². The molecule has 0 amide bonds. The first-order valence-corrected chi connectivity index (χ1v) is 10.9. The molecule has 3 nitrogen and oxygen atoms in total. The van der Waals surface area contributed by atoms with Gasteiger partial charge in [0, 0.05) is 14.1 Å². The van der Waals surface area contributed by atoms with Crippen molar-refractivity contribution in [3.05, 3.63) is 0 Å². The summed E-state index contributed by atoms with van der Waals surface area (Å²) in [7, 11) is 4.56. The first kappa shape index (κ1) is 17.0. The Labute approximate surface area is 154 Å². The molecule has 3 heteroatoms. The lowest BCUT2D eigenvalue weighted by atomic mass is 9.44. The van der Waals surface area contributed by atoms with Crippen molar-refractivity contribution < 1.29 is 5.11 Å². The minimum atomic E-state index is -0.434. The van der Waals surface area contributed by atoms with Crippen LogP contribution >= 0.6 is 0 Å². The molecule has 5 fully saturated rings. The van der Waals surface area contributed by atoms with E-state index < -0.39 is 5.60 Å². The lowest BCUT2D eigenvalue weighted by molar-refractivity contribution is -0.149. The fraction of sp³-hybridized carbons (Fsp3) is 1.00. The lowest BCUT2D eigenvalue weighted by Gasteiger charge is -2.61. The van der Waals surface area contributed by atoms with Crippen LogP contribution in [0.25, 0.3) is 0 Å². The lowest BCUT2D eigenvalue weighted by Crippen LogP contribution is -2.56. The van der Waals surface area contributed by atoms with Crippen LogP contribution in [0.3, 0.4) is 0 Å². The number of nitrogens with zero attached hydrogens (tertiary/aromatic N) is 2. The topological polar surface area (TPSA) is 26.2 Å². The first-order chi connectivity index (χ1) is 11.7. The average molecular weight is 347 g/mol. The summed E-state index contributed by atoms with van der Waals surface area (Å²) in [6.07, 6.45) is 11.9. The molecule has 4 aliphatic carbocycles. The SMILES string of the molecule is CN1N(C)C12CC[C@@]1(C)[C@H](CC[C@@H]3[C@@H]1CC[C@@]1(C)[C@H]3CC[C@@]1(C)O)C2. The Kier molecular flexibility index (Phi) is 3.29. The smallest absolute Gasteiger partial charge is 0.100 e. The molecule has 9 atom stereocenters. The van der Waals surface area contributed by atoms with Crippen LogP contribution in [-0.4, -0.2) is 40.5 Å². The number of aliphatic hydroxyl groups is 1. The summed E-state index contributed by atoms with van der Waals surface area (Å²) in [6, 6.07) is 0. The molecule has 1 spiro atoms. The number of rotatable bonds is 0. The van der Waals surface area contributed by atoms with Crippen molar-refractivity contribution in [2.45, 2.75) is 89.8 Å². The molecule has 0 radical (unpaired) electrons. The third-order valence-electron chi connectivity index (χ3n) is 10.9. The predicted octanol–water partition coefficient (Wildman–Crippen LogP) is 4.27. The maximum absolute atomic E-state index is 11.1. The highest BCUT2D eigenvalue weighted by Crippen LogP contribution is 2.69. The number of hydrogen-bond acceptors (Lipinski definition) is 3. The van der Waals surface area contributed by atoms with E-state index in [-0.39, 0.29) is 5.41 Å². The molecule has 5 aliphatic rings. The molecule has 0 aromatic heterocycles. The largest absolute Gasteiger partial charge is 0.390 e. The summed E-state index contributed by atoms with van der Waals surface area (Å²) >= 11 is 0. The fourth-order valence-electron chi connectivity index (χ4n) is 8.60. The normalized spacial score (nSPS) is 66.0. The molecule has 0 aromatic rings. The highest BCUT2D eigenvalue weighted by Gasteiger charge is 2.67. The van der Waals surface area contributed by atoms with E-state index in [2.05, 4.69) is 44.9 Å². The van der Waals surface area contributed by atoms with Gasteiger partial charge in [-0.05, 0) is 99.2 Å². The molecule has 0 aromatic carbocycles. The molecule has 0 bridgehead atoms. The number of hydrazine groups is 1. The van der Waals surface area contributed by atoms with Gasteiger partial charge in [0.1, 0.15) is 5.66 Å². The summed E-state index contributed by atoms with van der Waals surface area (Å²) in [4.78, 5) is 0. The number of fused-ring (bicyclic) bond motifs is 5. The summed E-state index contributed by atoms with van der Waals surface area (Å²) < 4.78 is 0. The van der Waals surface area contributed by atoms with Gasteiger partial charge in [0.25, 0.3) is 0 Å². The average Bonchev–Trinajstić information content (AvgIpc) is 2.93.